The molecule has 0 amide bonds. The Morgan fingerprint density at radius 3 is 2.83 bits per heavy atom. The maximum atomic E-state index is 6.39. The first-order valence-corrected chi connectivity index (χ1v) is 10.3. The van der Waals surface area contributed by atoms with Crippen LogP contribution in [0.25, 0.3) is 33.7 Å². The Bertz CT molecular complexity index is 1220. The predicted molar refractivity (Wildman–Crippen MR) is 115 cm³/mol. The average Bonchev–Trinajstić information content (AvgIpc) is 3.17. The van der Waals surface area contributed by atoms with E-state index in [1.807, 2.05) is 24.9 Å². The van der Waals surface area contributed by atoms with Crippen LogP contribution >= 0.6 is 0 Å². The van der Waals surface area contributed by atoms with Crippen molar-refractivity contribution in [3.8, 4) is 22.5 Å². The fraction of sp³-hybridized carbons (Fsp3) is 0.348. The third kappa shape index (κ3) is 2.95. The molecule has 0 bridgehead atoms. The highest BCUT2D eigenvalue weighted by molar-refractivity contribution is 5.91. The van der Waals surface area contributed by atoms with Crippen LogP contribution in [0.1, 0.15) is 47.8 Å². The molecule has 1 aliphatic rings. The quantitative estimate of drug-likeness (QED) is 0.501. The van der Waals surface area contributed by atoms with Crippen molar-refractivity contribution in [2.45, 2.75) is 45.6 Å². The molecule has 4 aromatic rings. The summed E-state index contributed by atoms with van der Waals surface area (Å²) >= 11 is 0. The van der Waals surface area contributed by atoms with Crippen LogP contribution in [0.15, 0.2) is 30.5 Å². The van der Waals surface area contributed by atoms with E-state index in [0.29, 0.717) is 0 Å². The lowest BCUT2D eigenvalue weighted by molar-refractivity contribution is 0.615. The highest BCUT2D eigenvalue weighted by Crippen LogP contribution is 2.34. The smallest absolute Gasteiger partial charge is 0.178 e. The van der Waals surface area contributed by atoms with Crippen molar-refractivity contribution in [2.75, 3.05) is 0 Å². The van der Waals surface area contributed by atoms with Gasteiger partial charge in [0.1, 0.15) is 5.82 Å². The van der Waals surface area contributed by atoms with Crippen molar-refractivity contribution in [2.24, 2.45) is 12.8 Å². The molecule has 1 aromatic carbocycles. The van der Waals surface area contributed by atoms with Crippen LogP contribution < -0.4 is 5.73 Å². The van der Waals surface area contributed by atoms with Gasteiger partial charge in [-0.25, -0.2) is 9.97 Å². The summed E-state index contributed by atoms with van der Waals surface area (Å²) in [5.74, 6) is 0.819. The largest absolute Gasteiger partial charge is 0.336 e. The number of fused-ring (bicyclic) bond motifs is 2. The van der Waals surface area contributed by atoms with Crippen LogP contribution in [-0.4, -0.2) is 24.7 Å². The van der Waals surface area contributed by atoms with Crippen molar-refractivity contribution in [3.63, 3.8) is 0 Å². The van der Waals surface area contributed by atoms with Gasteiger partial charge in [-0.05, 0) is 55.9 Å². The second-order valence-electron chi connectivity index (χ2n) is 8.08. The standard InChI is InChI=1S/C23H26N6/c1-13-20(14(2)29(3)28-13)22-26-21-18(10-11-25-23(21)27-22)16-8-9-17-15(12-16)6-4-5-7-19(17)24/h8-12,19H,4-7,24H2,1-3H3,(H,25,26,27)/t19-/m0/s1. The minimum Gasteiger partial charge on any atom is -0.336 e. The molecule has 0 unspecified atom stereocenters. The predicted octanol–water partition coefficient (Wildman–Crippen LogP) is 4.37. The molecule has 6 nitrogen and oxygen atoms in total. The van der Waals surface area contributed by atoms with Crippen LogP contribution in [0, 0.1) is 13.8 Å². The number of imidazole rings is 1. The van der Waals surface area contributed by atoms with Gasteiger partial charge in [0.25, 0.3) is 0 Å². The number of benzene rings is 1. The van der Waals surface area contributed by atoms with Crippen LogP contribution in [0.5, 0.6) is 0 Å². The third-order valence-corrected chi connectivity index (χ3v) is 6.20. The number of nitrogens with one attached hydrogen (secondary N) is 1. The number of rotatable bonds is 2. The highest BCUT2D eigenvalue weighted by Gasteiger charge is 2.19. The van der Waals surface area contributed by atoms with Gasteiger partial charge in [0, 0.05) is 30.5 Å². The van der Waals surface area contributed by atoms with E-state index in [1.54, 1.807) is 0 Å². The summed E-state index contributed by atoms with van der Waals surface area (Å²) in [7, 11) is 1.96. The van der Waals surface area contributed by atoms with E-state index in [2.05, 4.69) is 46.3 Å². The molecule has 6 heteroatoms. The summed E-state index contributed by atoms with van der Waals surface area (Å²) in [4.78, 5) is 12.8. The molecular weight excluding hydrogens is 360 g/mol. The maximum Gasteiger partial charge on any atom is 0.178 e. The molecular formula is C23H26N6. The zero-order chi connectivity index (χ0) is 20.1. The van der Waals surface area contributed by atoms with E-state index in [4.69, 9.17) is 10.7 Å². The Hall–Kier alpha value is -2.99. The Morgan fingerprint density at radius 2 is 2.03 bits per heavy atom. The van der Waals surface area contributed by atoms with Crippen molar-refractivity contribution < 1.29 is 0 Å². The topological polar surface area (TPSA) is 85.4 Å². The second-order valence-corrected chi connectivity index (χ2v) is 8.08. The average molecular weight is 387 g/mol. The molecule has 3 N–H and O–H groups in total. The minimum atomic E-state index is 0.147. The van der Waals surface area contributed by atoms with E-state index in [0.717, 1.165) is 52.3 Å². The van der Waals surface area contributed by atoms with E-state index in [1.165, 1.54) is 29.5 Å². The zero-order valence-corrected chi connectivity index (χ0v) is 17.2. The number of aromatic amines is 1. The summed E-state index contributed by atoms with van der Waals surface area (Å²) in [5.41, 5.74) is 16.1. The molecule has 29 heavy (non-hydrogen) atoms. The number of hydrogen-bond donors (Lipinski definition) is 2. The molecule has 3 heterocycles. The fourth-order valence-corrected chi connectivity index (χ4v) is 4.57. The van der Waals surface area contributed by atoms with Crippen molar-refractivity contribution >= 4 is 11.2 Å². The van der Waals surface area contributed by atoms with Gasteiger partial charge in [0.05, 0.1) is 16.8 Å². The lowest BCUT2D eigenvalue weighted by Gasteiger charge is -2.14. The molecule has 148 valence electrons. The first-order chi connectivity index (χ1) is 14.0. The number of aromatic nitrogens is 5. The van der Waals surface area contributed by atoms with Crippen LogP contribution in [0.2, 0.25) is 0 Å². The van der Waals surface area contributed by atoms with Gasteiger partial charge in [0.15, 0.2) is 5.65 Å². The number of hydrogen-bond acceptors (Lipinski definition) is 4. The Balaban J connectivity index is 1.65. The Morgan fingerprint density at radius 1 is 1.17 bits per heavy atom. The molecule has 5 rings (SSSR count). The summed E-state index contributed by atoms with van der Waals surface area (Å²) in [6, 6.07) is 8.90. The molecule has 1 atom stereocenters. The minimum absolute atomic E-state index is 0.147. The monoisotopic (exact) mass is 386 g/mol. The molecule has 1 aliphatic carbocycles. The SMILES string of the molecule is Cc1nn(C)c(C)c1-c1nc2nccc(-c3ccc4c(c3)CCCC[C@@H]4N)c2[nH]1. The number of aryl methyl sites for hydroxylation is 3. The molecule has 0 radical (unpaired) electrons. The van der Waals surface area contributed by atoms with Gasteiger partial charge in [-0.15, -0.1) is 0 Å². The first kappa shape index (κ1) is 18.1. The molecule has 0 spiro atoms. The highest BCUT2D eigenvalue weighted by atomic mass is 15.3. The Labute approximate surface area is 170 Å². The lowest BCUT2D eigenvalue weighted by Crippen LogP contribution is -2.10. The number of nitrogens with zero attached hydrogens (tertiary/aromatic N) is 4. The van der Waals surface area contributed by atoms with Gasteiger partial charge in [-0.2, -0.15) is 5.10 Å². The van der Waals surface area contributed by atoms with Crippen LogP contribution in [0.4, 0.5) is 0 Å². The van der Waals surface area contributed by atoms with E-state index < -0.39 is 0 Å². The Kier molecular flexibility index (Phi) is 4.24. The normalized spacial score (nSPS) is 16.8. The van der Waals surface area contributed by atoms with Crippen LogP contribution in [-0.2, 0) is 13.5 Å². The van der Waals surface area contributed by atoms with Gasteiger partial charge < -0.3 is 10.7 Å². The fourth-order valence-electron chi connectivity index (χ4n) is 4.57. The first-order valence-electron chi connectivity index (χ1n) is 10.3. The van der Waals surface area contributed by atoms with E-state index in [9.17, 15) is 0 Å². The van der Waals surface area contributed by atoms with Gasteiger partial charge >= 0.3 is 0 Å². The number of nitrogens with two attached hydrogens (primary N) is 1. The van der Waals surface area contributed by atoms with Crippen molar-refractivity contribution in [1.29, 1.82) is 0 Å². The second kappa shape index (κ2) is 6.81. The molecule has 3 aromatic heterocycles. The number of pyridine rings is 1. The van der Waals surface area contributed by atoms with Gasteiger partial charge in [0.2, 0.25) is 0 Å². The van der Waals surface area contributed by atoms with Crippen LogP contribution in [0.3, 0.4) is 0 Å². The molecule has 0 saturated heterocycles. The summed E-state index contributed by atoms with van der Waals surface area (Å²) < 4.78 is 1.89. The molecule has 0 fully saturated rings. The summed E-state index contributed by atoms with van der Waals surface area (Å²) in [6.45, 7) is 4.08. The van der Waals surface area contributed by atoms with Gasteiger partial charge in [-0.1, -0.05) is 24.6 Å². The van der Waals surface area contributed by atoms with Crippen molar-refractivity contribution in [1.82, 2.24) is 24.7 Å². The summed E-state index contributed by atoms with van der Waals surface area (Å²) in [6.07, 6.45) is 6.39. The number of H-pyrrole nitrogens is 1. The molecule has 0 saturated carbocycles. The lowest BCUT2D eigenvalue weighted by atomic mass is 9.94. The maximum absolute atomic E-state index is 6.39. The van der Waals surface area contributed by atoms with E-state index in [-0.39, 0.29) is 6.04 Å². The molecule has 0 aliphatic heterocycles. The van der Waals surface area contributed by atoms with Gasteiger partial charge in [-0.3, -0.25) is 4.68 Å². The summed E-state index contributed by atoms with van der Waals surface area (Å²) in [5, 5.41) is 4.53. The zero-order valence-electron chi connectivity index (χ0n) is 17.2. The van der Waals surface area contributed by atoms with E-state index >= 15 is 0 Å². The van der Waals surface area contributed by atoms with Crippen molar-refractivity contribution in [3.05, 3.63) is 53.0 Å². The third-order valence-electron chi connectivity index (χ3n) is 6.20.